The number of piperidine rings is 3. The van der Waals surface area contributed by atoms with Crippen molar-refractivity contribution < 1.29 is 9.59 Å². The minimum Gasteiger partial charge on any atom is -0.357 e. The molecule has 2 aromatic carbocycles. The third kappa shape index (κ3) is 7.76. The van der Waals surface area contributed by atoms with Gasteiger partial charge in [-0.15, -0.1) is 0 Å². The van der Waals surface area contributed by atoms with Crippen molar-refractivity contribution in [2.75, 3.05) is 32.7 Å². The van der Waals surface area contributed by atoms with Crippen molar-refractivity contribution in [3.63, 3.8) is 0 Å². The maximum absolute atomic E-state index is 13.4. The maximum atomic E-state index is 13.4. The highest BCUT2D eigenvalue weighted by molar-refractivity contribution is 5.88. The number of rotatable bonds is 6. The van der Waals surface area contributed by atoms with Crippen LogP contribution < -0.4 is 11.5 Å². The van der Waals surface area contributed by atoms with Gasteiger partial charge in [0.15, 0.2) is 0 Å². The van der Waals surface area contributed by atoms with Gasteiger partial charge >= 0.3 is 12.1 Å². The lowest BCUT2D eigenvalue weighted by Gasteiger charge is -2.47. The lowest BCUT2D eigenvalue weighted by atomic mass is 9.98. The molecule has 280 valence electrons. The van der Waals surface area contributed by atoms with Gasteiger partial charge in [0.25, 0.3) is 0 Å². The molecule has 3 saturated heterocycles. The molecule has 3 atom stereocenters. The molecule has 14 nitrogen and oxygen atoms in total. The molecule has 0 aromatic heterocycles. The van der Waals surface area contributed by atoms with E-state index in [9.17, 15) is 20.1 Å². The number of nitriles is 2. The summed E-state index contributed by atoms with van der Waals surface area (Å²) < 4.78 is 0. The van der Waals surface area contributed by atoms with Gasteiger partial charge in [-0.3, -0.25) is 14.8 Å². The van der Waals surface area contributed by atoms with Crippen LogP contribution in [0.5, 0.6) is 0 Å². The fraction of sp³-hybridized carbons (Fsp3) is 0.425. The van der Waals surface area contributed by atoms with Crippen LogP contribution in [0.2, 0.25) is 0 Å². The van der Waals surface area contributed by atoms with Gasteiger partial charge in [-0.05, 0) is 74.3 Å². The van der Waals surface area contributed by atoms with E-state index in [4.69, 9.17) is 11.5 Å². The monoisotopic (exact) mass is 728 g/mol. The third-order valence-corrected chi connectivity index (χ3v) is 10.8. The smallest absolute Gasteiger partial charge is 0.350 e. The van der Waals surface area contributed by atoms with E-state index in [-0.39, 0.29) is 30.2 Å². The van der Waals surface area contributed by atoms with E-state index in [0.29, 0.717) is 30.8 Å². The van der Waals surface area contributed by atoms with Crippen molar-refractivity contribution in [3.8, 4) is 12.1 Å². The predicted molar refractivity (Wildman–Crippen MR) is 204 cm³/mol. The lowest BCUT2D eigenvalue weighted by Crippen LogP contribution is -2.57. The van der Waals surface area contributed by atoms with Crippen LogP contribution >= 0.6 is 0 Å². The first-order chi connectivity index (χ1) is 26.3. The Hall–Kier alpha value is -5.83. The van der Waals surface area contributed by atoms with Gasteiger partial charge in [-0.2, -0.15) is 15.5 Å². The molecule has 54 heavy (non-hydrogen) atoms. The molecule has 0 radical (unpaired) electrons. The van der Waals surface area contributed by atoms with E-state index in [1.54, 1.807) is 28.4 Å². The molecule has 0 saturated carbocycles. The molecule has 3 fully saturated rings. The number of benzene rings is 2. The number of aliphatic imine (C=N–C) groups is 1. The van der Waals surface area contributed by atoms with E-state index < -0.39 is 0 Å². The Balaban J connectivity index is 0.000000167. The number of carbonyl (C=O) groups is 2. The zero-order valence-corrected chi connectivity index (χ0v) is 30.6. The molecule has 6 heterocycles. The molecule has 4 amide bonds. The van der Waals surface area contributed by atoms with Crippen molar-refractivity contribution in [2.45, 2.75) is 76.2 Å². The molecule has 0 spiro atoms. The van der Waals surface area contributed by atoms with Crippen LogP contribution in [0.4, 0.5) is 9.59 Å². The number of amides is 4. The maximum Gasteiger partial charge on any atom is 0.350 e. The van der Waals surface area contributed by atoms with Gasteiger partial charge < -0.3 is 26.2 Å². The van der Waals surface area contributed by atoms with Gasteiger partial charge in [-0.1, -0.05) is 36.4 Å². The van der Waals surface area contributed by atoms with Crippen molar-refractivity contribution in [2.24, 2.45) is 16.5 Å². The van der Waals surface area contributed by atoms with Crippen LogP contribution in [-0.4, -0.2) is 104 Å². The van der Waals surface area contributed by atoms with Crippen LogP contribution in [0, 0.1) is 22.7 Å². The number of hydrogen-bond donors (Lipinski definition) is 2. The van der Waals surface area contributed by atoms with Crippen molar-refractivity contribution in [3.05, 3.63) is 107 Å². The summed E-state index contributed by atoms with van der Waals surface area (Å²) in [4.78, 5) is 40.6. The van der Waals surface area contributed by atoms with Gasteiger partial charge in [0.1, 0.15) is 18.0 Å². The molecular formula is C40H48N12O2. The van der Waals surface area contributed by atoms with E-state index in [1.165, 1.54) is 11.3 Å². The number of hydrazine groups is 1. The molecule has 6 aliphatic heterocycles. The number of hydrogen-bond acceptors (Lipinski definition) is 10. The third-order valence-electron chi connectivity index (χ3n) is 10.8. The number of carbonyl (C=O) groups excluding carboxylic acids is 2. The highest BCUT2D eigenvalue weighted by atomic mass is 16.2. The van der Waals surface area contributed by atoms with E-state index in [0.717, 1.165) is 93.9 Å². The summed E-state index contributed by atoms with van der Waals surface area (Å²) in [6.07, 6.45) is 16.3. The predicted octanol–water partition coefficient (Wildman–Crippen LogP) is 4.36. The number of nitrogens with two attached hydrogens (primary N) is 2. The Morgan fingerprint density at radius 1 is 0.722 bits per heavy atom. The summed E-state index contributed by atoms with van der Waals surface area (Å²) in [6, 6.07) is 19.6. The fourth-order valence-corrected chi connectivity index (χ4v) is 8.02. The average molecular weight is 729 g/mol. The molecule has 3 unspecified atom stereocenters. The van der Waals surface area contributed by atoms with Crippen LogP contribution in [0.1, 0.15) is 67.2 Å². The Kier molecular flexibility index (Phi) is 11.1. The zero-order valence-electron chi connectivity index (χ0n) is 30.6. The molecular weight excluding hydrogens is 681 g/mol. The fourth-order valence-electron chi connectivity index (χ4n) is 8.02. The molecule has 4 N–H and O–H groups in total. The number of urea groups is 2. The minimum absolute atomic E-state index is 0.0593. The van der Waals surface area contributed by atoms with Crippen molar-refractivity contribution in [1.29, 1.82) is 10.5 Å². The Morgan fingerprint density at radius 3 is 1.93 bits per heavy atom. The number of nitrogens with zero attached hydrogens (tertiary/aromatic N) is 10. The molecule has 0 bridgehead atoms. The second-order valence-electron chi connectivity index (χ2n) is 14.5. The number of fused-ring (bicyclic) bond motifs is 2. The summed E-state index contributed by atoms with van der Waals surface area (Å²) in [5.74, 6) is 1.77. The van der Waals surface area contributed by atoms with Gasteiger partial charge in [0.2, 0.25) is 0 Å². The Bertz CT molecular complexity index is 1930. The van der Waals surface area contributed by atoms with E-state index in [2.05, 4.69) is 33.0 Å². The Labute approximate surface area is 317 Å². The van der Waals surface area contributed by atoms with Crippen molar-refractivity contribution >= 4 is 18.4 Å². The first-order valence-corrected chi connectivity index (χ1v) is 18.9. The largest absolute Gasteiger partial charge is 0.357 e. The first-order valence-electron chi connectivity index (χ1n) is 18.9. The summed E-state index contributed by atoms with van der Waals surface area (Å²) in [7, 11) is 0. The standard InChI is InChI=1S/C21H27N5O.C19H21N7O/c22-13-16-6-1-2-7-17(16)14-26-20(24-10-5-8-18(23)15-24)12-19-9-3-4-11-25(19)21(26)27;20-10-15-4-1-2-5-16(15)11-25-18(23-8-3-6-17(21)12-23)13-24-9-7-22-14-26(24)19(25)27/h1-2,6-7,12,18-19H,3-5,8-11,14-15,23H2;1-2,4-5,7,9,13-14,17H,3,6,8,11-12,21H2. The van der Waals surface area contributed by atoms with Crippen LogP contribution in [-0.2, 0) is 13.1 Å². The highest BCUT2D eigenvalue weighted by Crippen LogP contribution is 2.32. The summed E-state index contributed by atoms with van der Waals surface area (Å²) in [5.41, 5.74) is 15.3. The summed E-state index contributed by atoms with van der Waals surface area (Å²) in [5, 5.41) is 22.0. The van der Waals surface area contributed by atoms with Crippen LogP contribution in [0.15, 0.2) is 89.8 Å². The second kappa shape index (κ2) is 16.5. The van der Waals surface area contributed by atoms with E-state index >= 15 is 0 Å². The van der Waals surface area contributed by atoms with Crippen molar-refractivity contribution in [1.82, 2.24) is 34.5 Å². The number of likely N-dealkylation sites (tertiary alicyclic amines) is 2. The first kappa shape index (κ1) is 36.5. The topological polar surface area (TPSA) is 169 Å². The van der Waals surface area contributed by atoms with Gasteiger partial charge in [0.05, 0.1) is 48.6 Å². The minimum atomic E-state index is -0.215. The zero-order chi connectivity index (χ0) is 37.6. The van der Waals surface area contributed by atoms with Crippen LogP contribution in [0.25, 0.3) is 0 Å². The molecule has 8 rings (SSSR count). The SMILES string of the molecule is N#Cc1ccccc1CN1C(=O)N2C=NC=CN2C=C1N1CCCC(N)C1.N#Cc1ccccc1CN1C(=O)N2CCCCC2C=C1N1CCCC(N)C1. The summed E-state index contributed by atoms with van der Waals surface area (Å²) in [6.45, 7) is 4.78. The Morgan fingerprint density at radius 2 is 1.31 bits per heavy atom. The second-order valence-corrected chi connectivity index (χ2v) is 14.5. The average Bonchev–Trinajstić information content (AvgIpc) is 3.20. The molecule has 2 aromatic rings. The highest BCUT2D eigenvalue weighted by Gasteiger charge is 2.39. The molecule has 14 heteroatoms. The molecule has 6 aliphatic rings. The van der Waals surface area contributed by atoms with Gasteiger partial charge in [0, 0.05) is 57.2 Å². The quantitative estimate of drug-likeness (QED) is 0.439. The molecule has 0 aliphatic carbocycles. The lowest BCUT2D eigenvalue weighted by molar-refractivity contribution is 0.0837. The van der Waals surface area contributed by atoms with E-state index in [1.807, 2.05) is 58.5 Å². The van der Waals surface area contributed by atoms with Gasteiger partial charge in [-0.25, -0.2) is 14.6 Å². The summed E-state index contributed by atoms with van der Waals surface area (Å²) >= 11 is 0. The normalized spacial score (nSPS) is 23.8. The van der Waals surface area contributed by atoms with Crippen LogP contribution in [0.3, 0.4) is 0 Å².